The van der Waals surface area contributed by atoms with E-state index < -0.39 is 6.36 Å². The molecule has 4 nitrogen and oxygen atoms in total. The van der Waals surface area contributed by atoms with Crippen molar-refractivity contribution >= 4 is 5.97 Å². The Labute approximate surface area is 120 Å². The summed E-state index contributed by atoms with van der Waals surface area (Å²) in [4.78, 5) is 13.4. The molecule has 1 aromatic rings. The predicted octanol–water partition coefficient (Wildman–Crippen LogP) is 2.72. The largest absolute Gasteiger partial charge is 0.573 e. The maximum atomic E-state index is 12.1. The molecule has 1 aromatic carbocycles. The average molecular weight is 303 g/mol. The van der Waals surface area contributed by atoms with Crippen molar-refractivity contribution in [3.63, 3.8) is 0 Å². The molecule has 1 saturated heterocycles. The molecule has 0 bridgehead atoms. The first-order valence-corrected chi connectivity index (χ1v) is 6.50. The van der Waals surface area contributed by atoms with E-state index in [1.165, 1.54) is 12.1 Å². The number of nitrogens with zero attached hydrogens (tertiary/aromatic N) is 1. The third-order valence-electron chi connectivity index (χ3n) is 3.27. The summed E-state index contributed by atoms with van der Waals surface area (Å²) in [6.45, 7) is 2.27. The molecule has 0 spiro atoms. The van der Waals surface area contributed by atoms with Crippen molar-refractivity contribution in [3.8, 4) is 5.75 Å². The van der Waals surface area contributed by atoms with E-state index >= 15 is 0 Å². The van der Waals surface area contributed by atoms with Gasteiger partial charge < -0.3 is 9.47 Å². The number of halogens is 3. The molecule has 0 aromatic heterocycles. The van der Waals surface area contributed by atoms with E-state index in [1.54, 1.807) is 19.2 Å². The smallest absolute Gasteiger partial charge is 0.461 e. The van der Waals surface area contributed by atoms with Crippen molar-refractivity contribution < 1.29 is 27.4 Å². The second-order valence-corrected chi connectivity index (χ2v) is 5.11. The summed E-state index contributed by atoms with van der Waals surface area (Å²) in [6, 6.07) is 5.28. The Bertz CT molecular complexity index is 501. The lowest BCUT2D eigenvalue weighted by Gasteiger charge is -2.21. The highest BCUT2D eigenvalue weighted by Crippen LogP contribution is 2.24. The van der Waals surface area contributed by atoms with Gasteiger partial charge in [-0.05, 0) is 31.7 Å². The lowest BCUT2D eigenvalue weighted by molar-refractivity contribution is -0.274. The first-order chi connectivity index (χ1) is 9.74. The van der Waals surface area contributed by atoms with Crippen LogP contribution >= 0.6 is 0 Å². The van der Waals surface area contributed by atoms with Crippen LogP contribution in [0.5, 0.6) is 5.75 Å². The van der Waals surface area contributed by atoms with Gasteiger partial charge in [-0.15, -0.1) is 13.2 Å². The minimum absolute atomic E-state index is 0.104. The molecule has 1 fully saturated rings. The molecular weight excluding hydrogens is 287 g/mol. The van der Waals surface area contributed by atoms with Gasteiger partial charge >= 0.3 is 12.3 Å². The number of carbonyl (C=O) groups is 1. The van der Waals surface area contributed by atoms with E-state index in [0.29, 0.717) is 13.0 Å². The lowest BCUT2D eigenvalue weighted by Crippen LogP contribution is -2.34. The van der Waals surface area contributed by atoms with Crippen molar-refractivity contribution in [1.82, 2.24) is 4.90 Å². The van der Waals surface area contributed by atoms with E-state index in [9.17, 15) is 18.0 Å². The van der Waals surface area contributed by atoms with E-state index in [4.69, 9.17) is 4.74 Å². The fourth-order valence-corrected chi connectivity index (χ4v) is 2.29. The standard InChI is InChI=1S/C14H16F3NO3/c1-9-7-12(13(19)20-9)18(2)8-10-3-5-11(6-4-10)21-14(15,16)17/h3-6,9,12H,7-8H2,1-2H3. The van der Waals surface area contributed by atoms with Crippen molar-refractivity contribution in [2.75, 3.05) is 7.05 Å². The van der Waals surface area contributed by atoms with Gasteiger partial charge in [-0.2, -0.15) is 0 Å². The number of alkyl halides is 3. The lowest BCUT2D eigenvalue weighted by atomic mass is 10.1. The molecule has 0 amide bonds. The summed E-state index contributed by atoms with van der Waals surface area (Å²) < 4.78 is 45.0. The molecular formula is C14H16F3NO3. The Hall–Kier alpha value is -1.76. The molecule has 1 heterocycles. The van der Waals surface area contributed by atoms with Gasteiger partial charge in [-0.25, -0.2) is 0 Å². The zero-order valence-electron chi connectivity index (χ0n) is 11.7. The Morgan fingerprint density at radius 3 is 2.43 bits per heavy atom. The van der Waals surface area contributed by atoms with Crippen LogP contribution in [0.25, 0.3) is 0 Å². The summed E-state index contributed by atoms with van der Waals surface area (Å²) in [6.07, 6.45) is -4.18. The average Bonchev–Trinajstić information content (AvgIpc) is 2.69. The number of hydrogen-bond donors (Lipinski definition) is 0. The van der Waals surface area contributed by atoms with Gasteiger partial charge in [0.25, 0.3) is 0 Å². The number of benzene rings is 1. The first kappa shape index (κ1) is 15.6. The molecule has 0 aliphatic carbocycles. The maximum absolute atomic E-state index is 12.1. The predicted molar refractivity (Wildman–Crippen MR) is 68.6 cm³/mol. The van der Waals surface area contributed by atoms with Gasteiger partial charge in [0.1, 0.15) is 17.9 Å². The maximum Gasteiger partial charge on any atom is 0.573 e. The van der Waals surface area contributed by atoms with E-state index in [2.05, 4.69) is 4.74 Å². The summed E-state index contributed by atoms with van der Waals surface area (Å²) in [5, 5.41) is 0. The van der Waals surface area contributed by atoms with E-state index in [-0.39, 0.29) is 23.9 Å². The SMILES string of the molecule is CC1CC(N(C)Cc2ccc(OC(F)(F)F)cc2)C(=O)O1. The second-order valence-electron chi connectivity index (χ2n) is 5.11. The van der Waals surface area contributed by atoms with Crippen LogP contribution in [0.3, 0.4) is 0 Å². The zero-order chi connectivity index (χ0) is 15.6. The molecule has 7 heteroatoms. The third kappa shape index (κ3) is 4.35. The number of cyclic esters (lactones) is 1. The highest BCUT2D eigenvalue weighted by molar-refractivity contribution is 5.77. The number of esters is 1. The quantitative estimate of drug-likeness (QED) is 0.802. The van der Waals surface area contributed by atoms with Gasteiger partial charge in [0, 0.05) is 13.0 Å². The van der Waals surface area contributed by atoms with Crippen LogP contribution in [0.1, 0.15) is 18.9 Å². The Morgan fingerprint density at radius 2 is 1.95 bits per heavy atom. The number of ether oxygens (including phenoxy) is 2. The summed E-state index contributed by atoms with van der Waals surface area (Å²) in [7, 11) is 1.78. The normalized spacial score (nSPS) is 22.5. The minimum atomic E-state index is -4.69. The molecule has 116 valence electrons. The van der Waals surface area contributed by atoms with Crippen LogP contribution in [0.4, 0.5) is 13.2 Å². The Balaban J connectivity index is 1.95. The molecule has 2 atom stereocenters. The van der Waals surface area contributed by atoms with Gasteiger partial charge in [-0.1, -0.05) is 12.1 Å². The van der Waals surface area contributed by atoms with Crippen LogP contribution < -0.4 is 4.74 Å². The molecule has 0 N–H and O–H groups in total. The number of likely N-dealkylation sites (N-methyl/N-ethyl adjacent to an activating group) is 1. The number of hydrogen-bond acceptors (Lipinski definition) is 4. The van der Waals surface area contributed by atoms with Gasteiger partial charge in [0.05, 0.1) is 0 Å². The van der Waals surface area contributed by atoms with Crippen LogP contribution in [0, 0.1) is 0 Å². The molecule has 1 aliphatic rings. The molecule has 0 saturated carbocycles. The monoisotopic (exact) mass is 303 g/mol. The van der Waals surface area contributed by atoms with Crippen molar-refractivity contribution in [2.45, 2.75) is 38.4 Å². The summed E-state index contributed by atoms with van der Waals surface area (Å²) in [5.41, 5.74) is 0.791. The van der Waals surface area contributed by atoms with Gasteiger partial charge in [0.15, 0.2) is 0 Å². The minimum Gasteiger partial charge on any atom is -0.461 e. The first-order valence-electron chi connectivity index (χ1n) is 6.50. The van der Waals surface area contributed by atoms with Crippen LogP contribution in [0.15, 0.2) is 24.3 Å². The Morgan fingerprint density at radius 1 is 1.33 bits per heavy atom. The summed E-state index contributed by atoms with van der Waals surface area (Å²) in [5.74, 6) is -0.523. The number of carbonyl (C=O) groups excluding carboxylic acids is 1. The zero-order valence-corrected chi connectivity index (χ0v) is 11.7. The van der Waals surface area contributed by atoms with Crippen LogP contribution in [-0.4, -0.2) is 36.4 Å². The fourth-order valence-electron chi connectivity index (χ4n) is 2.29. The van der Waals surface area contributed by atoms with Crippen LogP contribution in [-0.2, 0) is 16.1 Å². The molecule has 2 rings (SSSR count). The Kier molecular flexibility index (Phi) is 4.41. The highest BCUT2D eigenvalue weighted by atomic mass is 19.4. The van der Waals surface area contributed by atoms with Crippen molar-refractivity contribution in [3.05, 3.63) is 29.8 Å². The van der Waals surface area contributed by atoms with Gasteiger partial charge in [-0.3, -0.25) is 9.69 Å². The molecule has 21 heavy (non-hydrogen) atoms. The molecule has 2 unspecified atom stereocenters. The van der Waals surface area contributed by atoms with Crippen molar-refractivity contribution in [2.24, 2.45) is 0 Å². The third-order valence-corrected chi connectivity index (χ3v) is 3.27. The number of rotatable bonds is 4. The van der Waals surface area contributed by atoms with E-state index in [0.717, 1.165) is 5.56 Å². The fraction of sp³-hybridized carbons (Fsp3) is 0.500. The second kappa shape index (κ2) is 5.93. The van der Waals surface area contributed by atoms with Crippen molar-refractivity contribution in [1.29, 1.82) is 0 Å². The molecule has 0 radical (unpaired) electrons. The van der Waals surface area contributed by atoms with Gasteiger partial charge in [0.2, 0.25) is 0 Å². The van der Waals surface area contributed by atoms with Crippen LogP contribution in [0.2, 0.25) is 0 Å². The molecule has 1 aliphatic heterocycles. The van der Waals surface area contributed by atoms with E-state index in [1.807, 2.05) is 11.8 Å². The highest BCUT2D eigenvalue weighted by Gasteiger charge is 2.34. The summed E-state index contributed by atoms with van der Waals surface area (Å²) >= 11 is 0. The topological polar surface area (TPSA) is 38.8 Å².